The molecule has 184 valence electrons. The zero-order valence-electron chi connectivity index (χ0n) is 18.9. The van der Waals surface area contributed by atoms with Crippen molar-refractivity contribution >= 4 is 38.3 Å². The largest absolute Gasteiger partial charge is 0.337 e. The minimum absolute atomic E-state index is 0.0251. The molecule has 1 N–H and O–H groups in total. The summed E-state index contributed by atoms with van der Waals surface area (Å²) >= 11 is 1.05. The predicted molar refractivity (Wildman–Crippen MR) is 129 cm³/mol. The van der Waals surface area contributed by atoms with Crippen molar-refractivity contribution in [2.24, 2.45) is 0 Å². The fourth-order valence-corrected chi connectivity index (χ4v) is 7.12. The normalized spacial score (nSPS) is 18.3. The smallest absolute Gasteiger partial charge is 0.322 e. The summed E-state index contributed by atoms with van der Waals surface area (Å²) in [5.74, 6) is -0.947. The second-order valence-corrected chi connectivity index (χ2v) is 11.7. The van der Waals surface area contributed by atoms with Crippen molar-refractivity contribution in [1.29, 1.82) is 0 Å². The minimum atomic E-state index is -3.57. The molecule has 2 fully saturated rings. The molecule has 2 saturated heterocycles. The Morgan fingerprint density at radius 3 is 2.24 bits per heavy atom. The Labute approximate surface area is 203 Å². The van der Waals surface area contributed by atoms with Crippen LogP contribution in [0.4, 0.5) is 14.2 Å². The van der Waals surface area contributed by atoms with E-state index in [1.165, 1.54) is 28.6 Å². The number of nitrogens with one attached hydrogen (secondary N) is 1. The second kappa shape index (κ2) is 10.8. The van der Waals surface area contributed by atoms with Crippen LogP contribution < -0.4 is 5.32 Å². The number of benzene rings is 1. The first-order valence-electron chi connectivity index (χ1n) is 11.6. The molecule has 3 heterocycles. The average Bonchev–Trinajstić information content (AvgIpc) is 3.02. The summed E-state index contributed by atoms with van der Waals surface area (Å²) in [7, 11) is -3.57. The molecule has 2 aliphatic rings. The van der Waals surface area contributed by atoms with Gasteiger partial charge in [-0.25, -0.2) is 17.6 Å². The molecular weight excluding hydrogens is 479 g/mol. The molecule has 0 spiro atoms. The standard InChI is InChI=1S/C23H29FN4O4S2/c24-19-9-4-3-8-18(19)22(29)26-12-7-13-27(17-16-26)23(30)25-20-10-11-21(33-20)34(31,32)28-14-5-1-2-6-15-28/h3-4,8-11H,1-2,5-7,12-17H2,(H,25,30). The van der Waals surface area contributed by atoms with E-state index < -0.39 is 15.8 Å². The molecule has 3 amide bonds. The van der Waals surface area contributed by atoms with Crippen LogP contribution in [0.3, 0.4) is 0 Å². The molecule has 11 heteroatoms. The zero-order chi connectivity index (χ0) is 24.1. The Hall–Kier alpha value is -2.50. The highest BCUT2D eigenvalue weighted by Crippen LogP contribution is 2.30. The van der Waals surface area contributed by atoms with E-state index in [9.17, 15) is 22.4 Å². The molecule has 0 atom stereocenters. The van der Waals surface area contributed by atoms with Gasteiger partial charge in [-0.3, -0.25) is 10.1 Å². The van der Waals surface area contributed by atoms with Gasteiger partial charge < -0.3 is 9.80 Å². The van der Waals surface area contributed by atoms with E-state index in [2.05, 4.69) is 5.32 Å². The molecule has 2 aromatic rings. The van der Waals surface area contributed by atoms with Crippen molar-refractivity contribution in [3.63, 3.8) is 0 Å². The van der Waals surface area contributed by atoms with E-state index in [1.54, 1.807) is 21.9 Å². The number of sulfonamides is 1. The summed E-state index contributed by atoms with van der Waals surface area (Å²) in [6, 6.07) is 8.68. The van der Waals surface area contributed by atoms with Gasteiger partial charge in [0.1, 0.15) is 10.0 Å². The average molecular weight is 509 g/mol. The van der Waals surface area contributed by atoms with Gasteiger partial charge in [-0.1, -0.05) is 25.0 Å². The number of amides is 3. The molecule has 0 saturated carbocycles. The number of urea groups is 1. The molecule has 0 bridgehead atoms. The number of carbonyl (C=O) groups is 2. The van der Waals surface area contributed by atoms with Crippen LogP contribution in [0, 0.1) is 5.82 Å². The number of carbonyl (C=O) groups excluding carboxylic acids is 2. The lowest BCUT2D eigenvalue weighted by Gasteiger charge is -2.22. The van der Waals surface area contributed by atoms with Crippen LogP contribution in [0.1, 0.15) is 42.5 Å². The Morgan fingerprint density at radius 1 is 0.824 bits per heavy atom. The first kappa shape index (κ1) is 24.6. The van der Waals surface area contributed by atoms with Crippen LogP contribution in [0.15, 0.2) is 40.6 Å². The second-order valence-electron chi connectivity index (χ2n) is 8.48. The van der Waals surface area contributed by atoms with Crippen molar-refractivity contribution in [3.05, 3.63) is 47.8 Å². The van der Waals surface area contributed by atoms with Gasteiger partial charge in [-0.2, -0.15) is 4.31 Å². The van der Waals surface area contributed by atoms with E-state index in [4.69, 9.17) is 0 Å². The van der Waals surface area contributed by atoms with Gasteiger partial charge in [0, 0.05) is 39.3 Å². The van der Waals surface area contributed by atoms with Crippen LogP contribution in [0.5, 0.6) is 0 Å². The Morgan fingerprint density at radius 2 is 1.50 bits per heavy atom. The van der Waals surface area contributed by atoms with Gasteiger partial charge in [0.25, 0.3) is 15.9 Å². The number of hydrogen-bond donors (Lipinski definition) is 1. The molecular formula is C23H29FN4O4S2. The molecule has 0 radical (unpaired) electrons. The lowest BCUT2D eigenvalue weighted by atomic mass is 10.2. The third kappa shape index (κ3) is 5.59. The van der Waals surface area contributed by atoms with Crippen molar-refractivity contribution in [2.75, 3.05) is 44.6 Å². The summed E-state index contributed by atoms with van der Waals surface area (Å²) < 4.78 is 41.7. The molecule has 8 nitrogen and oxygen atoms in total. The first-order chi connectivity index (χ1) is 16.4. The van der Waals surface area contributed by atoms with Gasteiger partial charge in [-0.05, 0) is 43.5 Å². The van der Waals surface area contributed by atoms with Crippen LogP contribution in [0.2, 0.25) is 0 Å². The van der Waals surface area contributed by atoms with Crippen LogP contribution in [-0.2, 0) is 10.0 Å². The molecule has 34 heavy (non-hydrogen) atoms. The molecule has 0 unspecified atom stereocenters. The highest BCUT2D eigenvalue weighted by atomic mass is 32.2. The maximum absolute atomic E-state index is 14.0. The third-order valence-electron chi connectivity index (χ3n) is 6.15. The van der Waals surface area contributed by atoms with Crippen LogP contribution in [0.25, 0.3) is 0 Å². The van der Waals surface area contributed by atoms with Crippen molar-refractivity contribution < 1.29 is 22.4 Å². The highest BCUT2D eigenvalue weighted by Gasteiger charge is 2.28. The van der Waals surface area contributed by atoms with Crippen molar-refractivity contribution in [3.8, 4) is 0 Å². The third-order valence-corrected chi connectivity index (χ3v) is 9.51. The van der Waals surface area contributed by atoms with E-state index >= 15 is 0 Å². The highest BCUT2D eigenvalue weighted by molar-refractivity contribution is 7.91. The van der Waals surface area contributed by atoms with Crippen molar-refractivity contribution in [1.82, 2.24) is 14.1 Å². The lowest BCUT2D eigenvalue weighted by Crippen LogP contribution is -2.39. The summed E-state index contributed by atoms with van der Waals surface area (Å²) in [4.78, 5) is 28.7. The van der Waals surface area contributed by atoms with E-state index in [0.717, 1.165) is 37.0 Å². The SMILES string of the molecule is O=C(Nc1ccc(S(=O)(=O)N2CCCCCC2)s1)N1CCCN(C(=O)c2ccccc2F)CC1. The first-order valence-corrected chi connectivity index (χ1v) is 13.8. The number of anilines is 1. The fraction of sp³-hybridized carbons (Fsp3) is 0.478. The van der Waals surface area contributed by atoms with Gasteiger partial charge in [0.05, 0.1) is 10.6 Å². The number of halogens is 1. The number of thiophene rings is 1. The maximum Gasteiger partial charge on any atom is 0.322 e. The summed E-state index contributed by atoms with van der Waals surface area (Å²) in [5.41, 5.74) is 0.0251. The monoisotopic (exact) mass is 508 g/mol. The Balaban J connectivity index is 1.36. The number of nitrogens with zero attached hydrogens (tertiary/aromatic N) is 3. The van der Waals surface area contributed by atoms with E-state index in [-0.39, 0.29) is 21.7 Å². The van der Waals surface area contributed by atoms with Crippen molar-refractivity contribution in [2.45, 2.75) is 36.3 Å². The van der Waals surface area contributed by atoms with Gasteiger partial charge in [-0.15, -0.1) is 11.3 Å². The number of hydrogen-bond acceptors (Lipinski definition) is 5. The van der Waals surface area contributed by atoms with Gasteiger partial charge >= 0.3 is 6.03 Å². The zero-order valence-corrected chi connectivity index (χ0v) is 20.5. The topological polar surface area (TPSA) is 90.0 Å². The quantitative estimate of drug-likeness (QED) is 0.680. The summed E-state index contributed by atoms with van der Waals surface area (Å²) in [5, 5.41) is 3.25. The number of rotatable bonds is 4. The Bertz CT molecular complexity index is 1130. The summed E-state index contributed by atoms with van der Waals surface area (Å²) in [6.07, 6.45) is 4.36. The Kier molecular flexibility index (Phi) is 7.84. The van der Waals surface area contributed by atoms with E-state index in [1.807, 2.05) is 0 Å². The molecule has 2 aliphatic heterocycles. The molecule has 0 aliphatic carbocycles. The predicted octanol–water partition coefficient (Wildman–Crippen LogP) is 3.83. The summed E-state index contributed by atoms with van der Waals surface area (Å²) in [6.45, 7) is 2.51. The van der Waals surface area contributed by atoms with Crippen LogP contribution in [-0.4, -0.2) is 73.7 Å². The van der Waals surface area contributed by atoms with Crippen LogP contribution >= 0.6 is 11.3 Å². The molecule has 4 rings (SSSR count). The lowest BCUT2D eigenvalue weighted by molar-refractivity contribution is 0.0758. The fourth-order valence-electron chi connectivity index (χ4n) is 4.25. The minimum Gasteiger partial charge on any atom is -0.337 e. The maximum atomic E-state index is 14.0. The van der Waals surface area contributed by atoms with E-state index in [0.29, 0.717) is 50.7 Å². The molecule has 1 aromatic carbocycles. The van der Waals surface area contributed by atoms with Gasteiger partial charge in [0.2, 0.25) is 0 Å². The van der Waals surface area contributed by atoms with Gasteiger partial charge in [0.15, 0.2) is 0 Å². The molecule has 1 aromatic heterocycles.